The van der Waals surface area contributed by atoms with Gasteiger partial charge in [0.15, 0.2) is 0 Å². The van der Waals surface area contributed by atoms with E-state index in [2.05, 4.69) is 4.72 Å². The molecule has 0 fully saturated rings. The number of ether oxygens (including phenoxy) is 1. The van der Waals surface area contributed by atoms with Crippen molar-refractivity contribution in [1.29, 1.82) is 0 Å². The molecule has 0 heterocycles. The summed E-state index contributed by atoms with van der Waals surface area (Å²) in [6, 6.07) is 6.23. The molecule has 0 amide bonds. The lowest BCUT2D eigenvalue weighted by molar-refractivity contribution is 0.233. The van der Waals surface area contributed by atoms with Crippen LogP contribution in [0.2, 0.25) is 0 Å². The smallest absolute Gasteiger partial charge is 0.240 e. The Hall–Kier alpha value is -1.15. The zero-order chi connectivity index (χ0) is 15.0. The lowest BCUT2D eigenvalue weighted by atomic mass is 10.3. The second-order valence-electron chi connectivity index (χ2n) is 4.60. The van der Waals surface area contributed by atoms with Gasteiger partial charge < -0.3 is 14.7 Å². The van der Waals surface area contributed by atoms with E-state index < -0.39 is 10.0 Å². The first-order valence-corrected chi connectivity index (χ1v) is 7.92. The molecule has 0 bridgehead atoms. The van der Waals surface area contributed by atoms with Crippen molar-refractivity contribution in [2.75, 3.05) is 40.4 Å². The third kappa shape index (κ3) is 5.87. The Bertz CT molecular complexity index is 486. The Morgan fingerprint density at radius 3 is 2.45 bits per heavy atom. The summed E-state index contributed by atoms with van der Waals surface area (Å²) in [7, 11) is 0.293. The van der Waals surface area contributed by atoms with Crippen LogP contribution in [0.25, 0.3) is 0 Å². The highest BCUT2D eigenvalue weighted by molar-refractivity contribution is 7.89. The maximum absolute atomic E-state index is 12.0. The zero-order valence-corrected chi connectivity index (χ0v) is 12.7. The van der Waals surface area contributed by atoms with Gasteiger partial charge in [0.25, 0.3) is 0 Å². The number of nitrogens with zero attached hydrogens (tertiary/aromatic N) is 1. The van der Waals surface area contributed by atoms with Crippen molar-refractivity contribution in [3.05, 3.63) is 24.3 Å². The lowest BCUT2D eigenvalue weighted by Crippen LogP contribution is -2.31. The Kier molecular flexibility index (Phi) is 6.94. The van der Waals surface area contributed by atoms with Gasteiger partial charge in [0.2, 0.25) is 10.0 Å². The van der Waals surface area contributed by atoms with E-state index in [1.54, 1.807) is 12.1 Å². The first-order valence-electron chi connectivity index (χ1n) is 6.44. The fourth-order valence-corrected chi connectivity index (χ4v) is 2.48. The molecule has 114 valence electrons. The number of sulfonamides is 1. The molecule has 0 atom stereocenters. The molecule has 1 aromatic carbocycles. The second-order valence-corrected chi connectivity index (χ2v) is 6.37. The van der Waals surface area contributed by atoms with Crippen LogP contribution in [0.5, 0.6) is 5.75 Å². The zero-order valence-electron chi connectivity index (χ0n) is 11.9. The van der Waals surface area contributed by atoms with E-state index >= 15 is 0 Å². The molecule has 0 aliphatic carbocycles. The average molecular weight is 302 g/mol. The van der Waals surface area contributed by atoms with Crippen LogP contribution in [-0.4, -0.2) is 58.8 Å². The minimum absolute atomic E-state index is 0.0717. The van der Waals surface area contributed by atoms with E-state index in [9.17, 15) is 8.42 Å². The van der Waals surface area contributed by atoms with Crippen molar-refractivity contribution in [3.63, 3.8) is 0 Å². The van der Waals surface area contributed by atoms with E-state index in [-0.39, 0.29) is 11.5 Å². The van der Waals surface area contributed by atoms with Crippen molar-refractivity contribution in [2.24, 2.45) is 0 Å². The molecule has 0 saturated heterocycles. The van der Waals surface area contributed by atoms with Gasteiger partial charge in [-0.1, -0.05) is 0 Å². The molecule has 7 heteroatoms. The number of aliphatic hydroxyl groups excluding tert-OH is 1. The third-order valence-electron chi connectivity index (χ3n) is 2.56. The number of likely N-dealkylation sites (N-methyl/N-ethyl adjacent to an activating group) is 1. The molecule has 0 spiro atoms. The highest BCUT2D eigenvalue weighted by Crippen LogP contribution is 2.15. The van der Waals surface area contributed by atoms with Crippen molar-refractivity contribution >= 4 is 10.0 Å². The first-order chi connectivity index (χ1) is 9.45. The van der Waals surface area contributed by atoms with Gasteiger partial charge in [-0.3, -0.25) is 0 Å². The van der Waals surface area contributed by atoms with Gasteiger partial charge in [-0.05, 0) is 38.4 Å². The summed E-state index contributed by atoms with van der Waals surface area (Å²) in [6.45, 7) is 1.48. The van der Waals surface area contributed by atoms with Crippen LogP contribution in [-0.2, 0) is 10.0 Å². The maximum atomic E-state index is 12.0. The minimum atomic E-state index is -3.47. The van der Waals surface area contributed by atoms with Crippen molar-refractivity contribution < 1.29 is 18.3 Å². The number of hydrogen-bond acceptors (Lipinski definition) is 5. The predicted octanol–water partition coefficient (Wildman–Crippen LogP) is 0.288. The van der Waals surface area contributed by atoms with Crippen LogP contribution in [0.3, 0.4) is 0 Å². The molecular weight excluding hydrogens is 280 g/mol. The van der Waals surface area contributed by atoms with E-state index in [1.165, 1.54) is 12.1 Å². The maximum Gasteiger partial charge on any atom is 0.240 e. The molecular formula is C13H22N2O4S. The molecule has 0 radical (unpaired) electrons. The molecule has 6 nitrogen and oxygen atoms in total. The SMILES string of the molecule is CN(C)CCNS(=O)(=O)c1ccc(OCCCO)cc1. The molecule has 0 aliphatic heterocycles. The van der Waals surface area contributed by atoms with Crippen LogP contribution in [0.4, 0.5) is 0 Å². The van der Waals surface area contributed by atoms with Crippen LogP contribution >= 0.6 is 0 Å². The van der Waals surface area contributed by atoms with E-state index in [1.807, 2.05) is 19.0 Å². The summed E-state index contributed by atoms with van der Waals surface area (Å²) in [6.07, 6.45) is 0.548. The lowest BCUT2D eigenvalue weighted by Gasteiger charge is -2.11. The Labute approximate surface area is 120 Å². The van der Waals surface area contributed by atoms with Crippen LogP contribution in [0.1, 0.15) is 6.42 Å². The fraction of sp³-hybridized carbons (Fsp3) is 0.538. The largest absolute Gasteiger partial charge is 0.494 e. The number of nitrogens with one attached hydrogen (secondary N) is 1. The van der Waals surface area contributed by atoms with Crippen LogP contribution in [0.15, 0.2) is 29.2 Å². The van der Waals surface area contributed by atoms with Gasteiger partial charge in [0.05, 0.1) is 11.5 Å². The van der Waals surface area contributed by atoms with Crippen molar-refractivity contribution in [3.8, 4) is 5.75 Å². The number of benzene rings is 1. The Balaban J connectivity index is 2.57. The standard InChI is InChI=1S/C13H22N2O4S/c1-15(2)9-8-14-20(17,18)13-6-4-12(5-7-13)19-11-3-10-16/h4-7,14,16H,3,8-11H2,1-2H3. The normalized spacial score (nSPS) is 11.8. The van der Waals surface area contributed by atoms with Gasteiger partial charge in [0.1, 0.15) is 5.75 Å². The van der Waals surface area contributed by atoms with Gasteiger partial charge in [-0.25, -0.2) is 13.1 Å². The topological polar surface area (TPSA) is 78.9 Å². The molecule has 0 aromatic heterocycles. The quantitative estimate of drug-likeness (QED) is 0.641. The molecule has 0 aliphatic rings. The van der Waals surface area contributed by atoms with Gasteiger partial charge >= 0.3 is 0 Å². The van der Waals surface area contributed by atoms with Gasteiger partial charge in [0, 0.05) is 26.1 Å². The second kappa shape index (κ2) is 8.21. The summed E-state index contributed by atoms with van der Waals surface area (Å²) in [5.41, 5.74) is 0. The van der Waals surface area contributed by atoms with Crippen LogP contribution < -0.4 is 9.46 Å². The Morgan fingerprint density at radius 2 is 1.90 bits per heavy atom. The number of aliphatic hydroxyl groups is 1. The summed E-state index contributed by atoms with van der Waals surface area (Å²) >= 11 is 0. The Morgan fingerprint density at radius 1 is 1.25 bits per heavy atom. The summed E-state index contributed by atoms with van der Waals surface area (Å²) in [5, 5.41) is 8.65. The summed E-state index contributed by atoms with van der Waals surface area (Å²) in [5.74, 6) is 0.589. The summed E-state index contributed by atoms with van der Waals surface area (Å²) in [4.78, 5) is 2.12. The molecule has 20 heavy (non-hydrogen) atoms. The highest BCUT2D eigenvalue weighted by Gasteiger charge is 2.13. The third-order valence-corrected chi connectivity index (χ3v) is 4.03. The van der Waals surface area contributed by atoms with Crippen LogP contribution in [0, 0.1) is 0 Å². The fourth-order valence-electron chi connectivity index (χ4n) is 1.46. The predicted molar refractivity (Wildman–Crippen MR) is 77.4 cm³/mol. The average Bonchev–Trinajstić information content (AvgIpc) is 2.39. The molecule has 0 saturated carbocycles. The number of rotatable bonds is 9. The summed E-state index contributed by atoms with van der Waals surface area (Å²) < 4.78 is 31.8. The van der Waals surface area contributed by atoms with E-state index in [0.29, 0.717) is 31.9 Å². The molecule has 0 unspecified atom stereocenters. The molecule has 1 rings (SSSR count). The van der Waals surface area contributed by atoms with Crippen molar-refractivity contribution in [2.45, 2.75) is 11.3 Å². The van der Waals surface area contributed by atoms with E-state index in [4.69, 9.17) is 9.84 Å². The van der Waals surface area contributed by atoms with Gasteiger partial charge in [-0.2, -0.15) is 0 Å². The molecule has 2 N–H and O–H groups in total. The minimum Gasteiger partial charge on any atom is -0.494 e. The highest BCUT2D eigenvalue weighted by atomic mass is 32.2. The van der Waals surface area contributed by atoms with Crippen molar-refractivity contribution in [1.82, 2.24) is 9.62 Å². The van der Waals surface area contributed by atoms with E-state index in [0.717, 1.165) is 0 Å². The first kappa shape index (κ1) is 16.9. The monoisotopic (exact) mass is 302 g/mol. The van der Waals surface area contributed by atoms with Gasteiger partial charge in [-0.15, -0.1) is 0 Å². The molecule has 1 aromatic rings. The number of hydrogen-bond donors (Lipinski definition) is 2.